The van der Waals surface area contributed by atoms with Crippen molar-refractivity contribution in [2.45, 2.75) is 13.0 Å². The third-order valence-electron chi connectivity index (χ3n) is 3.67. The second-order valence-corrected chi connectivity index (χ2v) is 6.32. The van der Waals surface area contributed by atoms with Gasteiger partial charge in [0.05, 0.1) is 29.0 Å². The van der Waals surface area contributed by atoms with Crippen LogP contribution in [0, 0.1) is 0 Å². The van der Waals surface area contributed by atoms with Crippen molar-refractivity contribution >= 4 is 38.4 Å². The largest absolute Gasteiger partial charge is 0.497 e. The SMILES string of the molecule is COc1ccc2cc(NC(=O)C(C)Oc3ccccc3Br)cnc2c1. The highest BCUT2D eigenvalue weighted by Crippen LogP contribution is 2.25. The molecule has 1 amide bonds. The number of carbonyl (C=O) groups excluding carboxylic acids is 1. The summed E-state index contributed by atoms with van der Waals surface area (Å²) in [6, 6.07) is 14.9. The number of amides is 1. The van der Waals surface area contributed by atoms with Crippen molar-refractivity contribution in [2.24, 2.45) is 0 Å². The zero-order valence-electron chi connectivity index (χ0n) is 13.8. The average molecular weight is 401 g/mol. The van der Waals surface area contributed by atoms with Crippen LogP contribution in [0.2, 0.25) is 0 Å². The number of anilines is 1. The van der Waals surface area contributed by atoms with Crippen LogP contribution in [0.1, 0.15) is 6.92 Å². The zero-order valence-corrected chi connectivity index (χ0v) is 15.4. The first-order valence-corrected chi connectivity index (χ1v) is 8.52. The number of fused-ring (bicyclic) bond motifs is 1. The molecule has 2 aromatic carbocycles. The number of rotatable bonds is 5. The van der Waals surface area contributed by atoms with Gasteiger partial charge < -0.3 is 14.8 Å². The predicted molar refractivity (Wildman–Crippen MR) is 101 cm³/mol. The van der Waals surface area contributed by atoms with E-state index < -0.39 is 6.10 Å². The maximum atomic E-state index is 12.4. The van der Waals surface area contributed by atoms with Crippen molar-refractivity contribution in [3.05, 3.63) is 59.2 Å². The van der Waals surface area contributed by atoms with Gasteiger partial charge in [0.25, 0.3) is 5.91 Å². The van der Waals surface area contributed by atoms with Crippen LogP contribution < -0.4 is 14.8 Å². The molecule has 3 rings (SSSR count). The first-order chi connectivity index (χ1) is 12.1. The number of methoxy groups -OCH3 is 1. The van der Waals surface area contributed by atoms with Gasteiger partial charge >= 0.3 is 0 Å². The number of benzene rings is 2. The molecular weight excluding hydrogens is 384 g/mol. The predicted octanol–water partition coefficient (Wildman–Crippen LogP) is 4.41. The molecule has 0 fully saturated rings. The molecule has 5 nitrogen and oxygen atoms in total. The van der Waals surface area contributed by atoms with Gasteiger partial charge in [-0.2, -0.15) is 0 Å². The lowest BCUT2D eigenvalue weighted by Gasteiger charge is -2.15. The van der Waals surface area contributed by atoms with E-state index in [1.807, 2.05) is 42.5 Å². The normalized spacial score (nSPS) is 11.8. The Hall–Kier alpha value is -2.60. The van der Waals surface area contributed by atoms with Gasteiger partial charge in [-0.15, -0.1) is 0 Å². The summed E-state index contributed by atoms with van der Waals surface area (Å²) in [5.41, 5.74) is 1.42. The molecule has 1 unspecified atom stereocenters. The molecule has 25 heavy (non-hydrogen) atoms. The lowest BCUT2D eigenvalue weighted by Crippen LogP contribution is -2.30. The van der Waals surface area contributed by atoms with Gasteiger partial charge in [-0.25, -0.2) is 0 Å². The second kappa shape index (κ2) is 7.53. The number of para-hydroxylation sites is 1. The Morgan fingerprint density at radius 3 is 2.76 bits per heavy atom. The molecule has 128 valence electrons. The van der Waals surface area contributed by atoms with E-state index in [1.54, 1.807) is 26.3 Å². The molecule has 1 N–H and O–H groups in total. The van der Waals surface area contributed by atoms with Crippen LogP contribution in [0.15, 0.2) is 59.2 Å². The van der Waals surface area contributed by atoms with Gasteiger partial charge in [0.1, 0.15) is 11.5 Å². The van der Waals surface area contributed by atoms with Gasteiger partial charge in [-0.3, -0.25) is 9.78 Å². The van der Waals surface area contributed by atoms with E-state index in [-0.39, 0.29) is 5.91 Å². The molecule has 6 heteroatoms. The van der Waals surface area contributed by atoms with Crippen LogP contribution in [0.4, 0.5) is 5.69 Å². The summed E-state index contributed by atoms with van der Waals surface area (Å²) in [6.07, 6.45) is 0.968. The molecule has 0 saturated carbocycles. The Kier molecular flexibility index (Phi) is 5.19. The van der Waals surface area contributed by atoms with Crippen molar-refractivity contribution < 1.29 is 14.3 Å². The molecule has 0 bridgehead atoms. The van der Waals surface area contributed by atoms with Crippen molar-refractivity contribution in [3.8, 4) is 11.5 Å². The second-order valence-electron chi connectivity index (χ2n) is 5.46. The standard InChI is InChI=1S/C19H17BrN2O3/c1-12(25-18-6-4-3-5-16(18)20)19(23)22-14-9-13-7-8-15(24-2)10-17(13)21-11-14/h3-12H,1-2H3,(H,22,23). The lowest BCUT2D eigenvalue weighted by molar-refractivity contribution is -0.122. The summed E-state index contributed by atoms with van der Waals surface area (Å²) >= 11 is 3.40. The van der Waals surface area contributed by atoms with Crippen molar-refractivity contribution in [1.82, 2.24) is 4.98 Å². The maximum absolute atomic E-state index is 12.4. The Morgan fingerprint density at radius 1 is 1.20 bits per heavy atom. The Morgan fingerprint density at radius 2 is 2.00 bits per heavy atom. The Labute approximate surface area is 154 Å². The minimum atomic E-state index is -0.648. The fraction of sp³-hybridized carbons (Fsp3) is 0.158. The van der Waals surface area contributed by atoms with Gasteiger partial charge in [0, 0.05) is 11.5 Å². The molecule has 0 radical (unpaired) electrons. The monoisotopic (exact) mass is 400 g/mol. The number of nitrogens with zero attached hydrogens (tertiary/aromatic N) is 1. The maximum Gasteiger partial charge on any atom is 0.265 e. The van der Waals surface area contributed by atoms with Crippen molar-refractivity contribution in [2.75, 3.05) is 12.4 Å². The van der Waals surface area contributed by atoms with E-state index in [0.29, 0.717) is 11.4 Å². The summed E-state index contributed by atoms with van der Waals surface area (Å²) in [6.45, 7) is 1.70. The first-order valence-electron chi connectivity index (χ1n) is 7.72. The third kappa shape index (κ3) is 4.09. The van der Waals surface area contributed by atoms with E-state index in [1.165, 1.54) is 0 Å². The summed E-state index contributed by atoms with van der Waals surface area (Å²) in [5, 5.41) is 3.74. The topological polar surface area (TPSA) is 60.5 Å². The Balaban J connectivity index is 1.71. The number of carbonyl (C=O) groups is 1. The van der Waals surface area contributed by atoms with Crippen molar-refractivity contribution in [3.63, 3.8) is 0 Å². The third-order valence-corrected chi connectivity index (χ3v) is 4.32. The number of ether oxygens (including phenoxy) is 2. The molecule has 0 spiro atoms. The molecule has 0 aliphatic rings. The van der Waals surface area contributed by atoms with Gasteiger partial charge in [-0.05, 0) is 53.2 Å². The molecule has 0 saturated heterocycles. The van der Waals surface area contributed by atoms with E-state index in [4.69, 9.17) is 9.47 Å². The molecule has 0 aliphatic carbocycles. The zero-order chi connectivity index (χ0) is 17.8. The van der Waals surface area contributed by atoms with Crippen molar-refractivity contribution in [1.29, 1.82) is 0 Å². The van der Waals surface area contributed by atoms with E-state index in [0.717, 1.165) is 21.1 Å². The number of nitrogens with one attached hydrogen (secondary N) is 1. The number of pyridine rings is 1. The van der Waals surface area contributed by atoms with Gasteiger partial charge in [0.15, 0.2) is 6.10 Å². The first kappa shape index (κ1) is 17.2. The summed E-state index contributed by atoms with van der Waals surface area (Å²) in [4.78, 5) is 16.7. The number of hydrogen-bond acceptors (Lipinski definition) is 4. The molecule has 1 heterocycles. The minimum absolute atomic E-state index is 0.245. The molecule has 0 aliphatic heterocycles. The fourth-order valence-corrected chi connectivity index (χ4v) is 2.70. The number of hydrogen-bond donors (Lipinski definition) is 1. The fourth-order valence-electron chi connectivity index (χ4n) is 2.32. The molecular formula is C19H17BrN2O3. The van der Waals surface area contributed by atoms with E-state index >= 15 is 0 Å². The van der Waals surface area contributed by atoms with Crippen LogP contribution in [0.5, 0.6) is 11.5 Å². The molecule has 1 atom stereocenters. The van der Waals surface area contributed by atoms with E-state index in [9.17, 15) is 4.79 Å². The van der Waals surface area contributed by atoms with Crippen LogP contribution in [0.3, 0.4) is 0 Å². The Bertz CT molecular complexity index is 914. The molecule has 1 aromatic heterocycles. The summed E-state index contributed by atoms with van der Waals surface area (Å²) in [5.74, 6) is 1.12. The molecule has 3 aromatic rings. The average Bonchev–Trinajstić information content (AvgIpc) is 2.63. The van der Waals surface area contributed by atoms with Crippen LogP contribution in [-0.2, 0) is 4.79 Å². The highest BCUT2D eigenvalue weighted by molar-refractivity contribution is 9.10. The van der Waals surface area contributed by atoms with Crippen LogP contribution in [-0.4, -0.2) is 24.1 Å². The lowest BCUT2D eigenvalue weighted by atomic mass is 10.2. The van der Waals surface area contributed by atoms with Gasteiger partial charge in [-0.1, -0.05) is 12.1 Å². The highest BCUT2D eigenvalue weighted by Gasteiger charge is 2.16. The number of halogens is 1. The number of aromatic nitrogens is 1. The smallest absolute Gasteiger partial charge is 0.265 e. The van der Waals surface area contributed by atoms with Crippen LogP contribution in [0.25, 0.3) is 10.9 Å². The highest BCUT2D eigenvalue weighted by atomic mass is 79.9. The summed E-state index contributed by atoms with van der Waals surface area (Å²) in [7, 11) is 1.61. The van der Waals surface area contributed by atoms with E-state index in [2.05, 4.69) is 26.2 Å². The minimum Gasteiger partial charge on any atom is -0.497 e. The summed E-state index contributed by atoms with van der Waals surface area (Å²) < 4.78 is 11.7. The quantitative estimate of drug-likeness (QED) is 0.688. The van der Waals surface area contributed by atoms with Gasteiger partial charge in [0.2, 0.25) is 0 Å². The van der Waals surface area contributed by atoms with Crippen LogP contribution >= 0.6 is 15.9 Å².